The highest BCUT2D eigenvalue weighted by Crippen LogP contribution is 2.24. The first-order valence-electron chi connectivity index (χ1n) is 5.95. The Hall–Kier alpha value is -1.94. The number of alkyl halides is 1. The zero-order valence-corrected chi connectivity index (χ0v) is 10.9. The Morgan fingerprint density at radius 3 is 2.95 bits per heavy atom. The molecule has 2 aliphatic rings. The topological polar surface area (TPSA) is 50.3 Å². The van der Waals surface area contributed by atoms with Gasteiger partial charge in [0.15, 0.2) is 5.78 Å². The summed E-state index contributed by atoms with van der Waals surface area (Å²) in [6, 6.07) is 3.29. The van der Waals surface area contributed by atoms with Gasteiger partial charge >= 0.3 is 0 Å². The van der Waals surface area contributed by atoms with Crippen LogP contribution in [0.1, 0.15) is 20.8 Å². The van der Waals surface area contributed by atoms with Crippen LogP contribution in [0.2, 0.25) is 0 Å². The smallest absolute Gasteiger partial charge is 0.228 e. The Balaban J connectivity index is 1.94. The van der Waals surface area contributed by atoms with Crippen LogP contribution in [0.5, 0.6) is 0 Å². The summed E-state index contributed by atoms with van der Waals surface area (Å²) in [4.78, 5) is 30.3. The van der Waals surface area contributed by atoms with E-state index in [1.165, 1.54) is 12.3 Å². The molecule has 0 bridgehead atoms. The largest absolute Gasteiger partial charge is 0.360 e. The molecule has 3 rings (SSSR count). The molecular weight excluding hydrogens is 264 g/mol. The van der Waals surface area contributed by atoms with E-state index in [9.17, 15) is 9.59 Å². The van der Waals surface area contributed by atoms with Crippen LogP contribution < -0.4 is 0 Å². The van der Waals surface area contributed by atoms with Gasteiger partial charge in [0.2, 0.25) is 5.78 Å². The third-order valence-corrected chi connectivity index (χ3v) is 3.64. The Morgan fingerprint density at radius 2 is 2.21 bits per heavy atom. The number of rotatable bonds is 2. The molecule has 96 valence electrons. The lowest BCUT2D eigenvalue weighted by atomic mass is 9.97. The molecule has 1 aromatic heterocycles. The van der Waals surface area contributed by atoms with Crippen LogP contribution in [-0.2, 0) is 0 Å². The number of pyridine rings is 1. The van der Waals surface area contributed by atoms with Gasteiger partial charge in [-0.1, -0.05) is 6.08 Å². The molecule has 19 heavy (non-hydrogen) atoms. The normalized spacial score (nSPS) is 18.3. The molecule has 1 aliphatic heterocycles. The molecule has 0 spiro atoms. The van der Waals surface area contributed by atoms with Crippen molar-refractivity contribution >= 4 is 23.2 Å². The van der Waals surface area contributed by atoms with Gasteiger partial charge in [0.05, 0.1) is 11.3 Å². The Labute approximate surface area is 115 Å². The van der Waals surface area contributed by atoms with E-state index in [1.807, 2.05) is 11.0 Å². The van der Waals surface area contributed by atoms with Crippen LogP contribution in [0, 0.1) is 0 Å². The highest BCUT2D eigenvalue weighted by atomic mass is 35.5. The molecule has 0 unspecified atom stereocenters. The minimum absolute atomic E-state index is 0.169. The Kier molecular flexibility index (Phi) is 2.95. The SMILES string of the molecule is O=C1C=C(N2CC=C(CCl)C2)C(=O)c2ncccc21. The third-order valence-electron chi connectivity index (χ3n) is 3.30. The number of Topliss-reactive ketones (excluding diaryl/α,β-unsaturated/α-hetero) is 1. The van der Waals surface area contributed by atoms with E-state index in [0.717, 1.165) is 5.57 Å². The number of hydrogen-bond acceptors (Lipinski definition) is 4. The number of allylic oxidation sites excluding steroid dienone is 2. The monoisotopic (exact) mass is 274 g/mol. The van der Waals surface area contributed by atoms with Gasteiger partial charge in [-0.2, -0.15) is 0 Å². The van der Waals surface area contributed by atoms with Gasteiger partial charge in [-0.25, -0.2) is 0 Å². The average molecular weight is 275 g/mol. The highest BCUT2D eigenvalue weighted by Gasteiger charge is 2.31. The lowest BCUT2D eigenvalue weighted by Gasteiger charge is -2.23. The Bertz CT molecular complexity index is 634. The molecule has 0 fully saturated rings. The van der Waals surface area contributed by atoms with E-state index in [2.05, 4.69) is 4.98 Å². The summed E-state index contributed by atoms with van der Waals surface area (Å²) >= 11 is 5.78. The van der Waals surface area contributed by atoms with Crippen molar-refractivity contribution in [2.24, 2.45) is 0 Å². The number of aromatic nitrogens is 1. The quantitative estimate of drug-likeness (QED) is 0.610. The standard InChI is InChI=1S/C14H11ClN2O2/c15-7-9-3-5-17(8-9)11-6-12(18)10-2-1-4-16-13(10)14(11)19/h1-4,6H,5,7-8H2. The molecule has 5 heteroatoms. The van der Waals surface area contributed by atoms with Gasteiger partial charge in [-0.3, -0.25) is 14.6 Å². The number of nitrogens with zero attached hydrogens (tertiary/aromatic N) is 2. The van der Waals surface area contributed by atoms with Crippen LogP contribution in [0.4, 0.5) is 0 Å². The average Bonchev–Trinajstić information content (AvgIpc) is 2.91. The molecular formula is C14H11ClN2O2. The highest BCUT2D eigenvalue weighted by molar-refractivity contribution is 6.23. The molecule has 0 N–H and O–H groups in total. The van der Waals surface area contributed by atoms with Crippen molar-refractivity contribution in [3.05, 3.63) is 53.0 Å². The van der Waals surface area contributed by atoms with Crippen molar-refractivity contribution in [1.82, 2.24) is 9.88 Å². The third kappa shape index (κ3) is 1.98. The summed E-state index contributed by atoms with van der Waals surface area (Å²) in [6.07, 6.45) is 4.91. The van der Waals surface area contributed by atoms with Crippen molar-refractivity contribution < 1.29 is 9.59 Å². The fraction of sp³-hybridized carbons (Fsp3) is 0.214. The van der Waals surface area contributed by atoms with E-state index >= 15 is 0 Å². The van der Waals surface area contributed by atoms with Gasteiger partial charge in [0.1, 0.15) is 5.69 Å². The van der Waals surface area contributed by atoms with Gasteiger partial charge < -0.3 is 4.90 Å². The van der Waals surface area contributed by atoms with Gasteiger partial charge in [0, 0.05) is 31.2 Å². The number of carbonyl (C=O) groups excluding carboxylic acids is 2. The maximum atomic E-state index is 12.4. The second kappa shape index (κ2) is 4.63. The van der Waals surface area contributed by atoms with Gasteiger partial charge in [0.25, 0.3) is 0 Å². The summed E-state index contributed by atoms with van der Waals surface area (Å²) < 4.78 is 0. The van der Waals surface area contributed by atoms with Crippen LogP contribution in [-0.4, -0.2) is 40.4 Å². The zero-order chi connectivity index (χ0) is 13.4. The summed E-state index contributed by atoms with van der Waals surface area (Å²) in [6.45, 7) is 1.20. The molecule has 0 radical (unpaired) electrons. The maximum Gasteiger partial charge on any atom is 0.228 e. The molecule has 0 saturated heterocycles. The predicted octanol–water partition coefficient (Wildman–Crippen LogP) is 1.83. The van der Waals surface area contributed by atoms with Crippen LogP contribution in [0.3, 0.4) is 0 Å². The predicted molar refractivity (Wildman–Crippen MR) is 71.4 cm³/mol. The number of halogens is 1. The first kappa shape index (κ1) is 12.1. The van der Waals surface area contributed by atoms with Crippen molar-refractivity contribution in [1.29, 1.82) is 0 Å². The molecule has 0 atom stereocenters. The second-order valence-corrected chi connectivity index (χ2v) is 4.77. The molecule has 1 aliphatic carbocycles. The minimum atomic E-state index is -0.195. The number of carbonyl (C=O) groups is 2. The lowest BCUT2D eigenvalue weighted by molar-refractivity contribution is 0.0953. The van der Waals surface area contributed by atoms with Crippen molar-refractivity contribution in [3.63, 3.8) is 0 Å². The summed E-state index contributed by atoms with van der Waals surface area (Å²) in [5.41, 5.74) is 2.09. The molecule has 0 amide bonds. The Morgan fingerprint density at radius 1 is 1.37 bits per heavy atom. The fourth-order valence-electron chi connectivity index (χ4n) is 2.30. The van der Waals surface area contributed by atoms with E-state index in [1.54, 1.807) is 12.1 Å². The summed E-state index contributed by atoms with van der Waals surface area (Å²) in [5, 5.41) is 0. The van der Waals surface area contributed by atoms with Crippen molar-refractivity contribution in [3.8, 4) is 0 Å². The minimum Gasteiger partial charge on any atom is -0.360 e. The molecule has 4 nitrogen and oxygen atoms in total. The fourth-order valence-corrected chi connectivity index (χ4v) is 2.50. The first-order valence-corrected chi connectivity index (χ1v) is 6.48. The summed E-state index contributed by atoms with van der Waals surface area (Å²) in [5.74, 6) is 0.0808. The second-order valence-electron chi connectivity index (χ2n) is 4.50. The van der Waals surface area contributed by atoms with Gasteiger partial charge in [-0.15, -0.1) is 11.6 Å². The van der Waals surface area contributed by atoms with Crippen LogP contribution >= 0.6 is 11.6 Å². The number of hydrogen-bond donors (Lipinski definition) is 0. The van der Waals surface area contributed by atoms with E-state index in [0.29, 0.717) is 30.2 Å². The van der Waals surface area contributed by atoms with E-state index < -0.39 is 0 Å². The first-order chi connectivity index (χ1) is 9.20. The van der Waals surface area contributed by atoms with Gasteiger partial charge in [-0.05, 0) is 17.7 Å². The van der Waals surface area contributed by atoms with E-state index in [4.69, 9.17) is 11.6 Å². The van der Waals surface area contributed by atoms with E-state index in [-0.39, 0.29) is 17.3 Å². The number of ketones is 2. The van der Waals surface area contributed by atoms with Crippen LogP contribution in [0.25, 0.3) is 0 Å². The molecule has 2 heterocycles. The molecule has 1 aromatic rings. The molecule has 0 saturated carbocycles. The van der Waals surface area contributed by atoms with Crippen molar-refractivity contribution in [2.75, 3.05) is 19.0 Å². The zero-order valence-electron chi connectivity index (χ0n) is 10.1. The van der Waals surface area contributed by atoms with Crippen molar-refractivity contribution in [2.45, 2.75) is 0 Å². The maximum absolute atomic E-state index is 12.4. The van der Waals surface area contributed by atoms with Crippen LogP contribution in [0.15, 0.2) is 41.8 Å². The number of fused-ring (bicyclic) bond motifs is 1. The lowest BCUT2D eigenvalue weighted by Crippen LogP contribution is -2.31. The summed E-state index contributed by atoms with van der Waals surface area (Å²) in [7, 11) is 0. The molecule has 0 aromatic carbocycles.